The summed E-state index contributed by atoms with van der Waals surface area (Å²) in [6.07, 6.45) is 1.93. The first-order valence-electron chi connectivity index (χ1n) is 6.93. The summed E-state index contributed by atoms with van der Waals surface area (Å²) in [6, 6.07) is 4.57. The van der Waals surface area contributed by atoms with Gasteiger partial charge in [-0.15, -0.1) is 0 Å². The molecule has 1 aliphatic rings. The molecular weight excluding hydrogens is 258 g/mol. The number of aromatic hydroxyl groups is 2. The van der Waals surface area contributed by atoms with E-state index in [-0.39, 0.29) is 11.5 Å². The number of likely N-dealkylation sites (tertiary alicyclic amines) is 1. The van der Waals surface area contributed by atoms with Crippen molar-refractivity contribution >= 4 is 5.97 Å². The van der Waals surface area contributed by atoms with E-state index in [0.29, 0.717) is 38.9 Å². The minimum atomic E-state index is -0.702. The number of phenolic OH excluding ortho intramolecular Hbond substituents is 2. The van der Waals surface area contributed by atoms with Gasteiger partial charge in [-0.25, -0.2) is 0 Å². The van der Waals surface area contributed by atoms with Gasteiger partial charge in [0, 0.05) is 18.2 Å². The second-order valence-electron chi connectivity index (χ2n) is 5.53. The van der Waals surface area contributed by atoms with Crippen LogP contribution < -0.4 is 0 Å². The van der Waals surface area contributed by atoms with Crippen molar-refractivity contribution in [2.24, 2.45) is 5.41 Å². The number of hydrogen-bond donors (Lipinski definition) is 3. The number of piperidine rings is 1. The van der Waals surface area contributed by atoms with Crippen LogP contribution in [-0.2, 0) is 11.3 Å². The minimum Gasteiger partial charge on any atom is -0.508 e. The van der Waals surface area contributed by atoms with Crippen molar-refractivity contribution < 1.29 is 20.1 Å². The fourth-order valence-corrected chi connectivity index (χ4v) is 2.78. The van der Waals surface area contributed by atoms with Crippen molar-refractivity contribution in [2.75, 3.05) is 13.1 Å². The largest absolute Gasteiger partial charge is 0.508 e. The average Bonchev–Trinajstić information content (AvgIpc) is 2.42. The molecule has 1 heterocycles. The van der Waals surface area contributed by atoms with E-state index in [9.17, 15) is 20.1 Å². The number of aliphatic carboxylic acids is 1. The number of carboxylic acid groups (broad SMARTS) is 1. The fraction of sp³-hybridized carbons (Fsp3) is 0.533. The molecule has 0 spiro atoms. The lowest BCUT2D eigenvalue weighted by molar-refractivity contribution is -0.152. The molecule has 110 valence electrons. The molecule has 2 rings (SSSR count). The van der Waals surface area contributed by atoms with Crippen molar-refractivity contribution in [3.63, 3.8) is 0 Å². The minimum absolute atomic E-state index is 0.0424. The van der Waals surface area contributed by atoms with Crippen molar-refractivity contribution in [2.45, 2.75) is 32.7 Å². The Morgan fingerprint density at radius 3 is 2.45 bits per heavy atom. The first-order chi connectivity index (χ1) is 9.47. The molecule has 0 bridgehead atoms. The molecule has 1 saturated heterocycles. The maximum Gasteiger partial charge on any atom is 0.309 e. The molecule has 20 heavy (non-hydrogen) atoms. The summed E-state index contributed by atoms with van der Waals surface area (Å²) in [5, 5.41) is 28.4. The summed E-state index contributed by atoms with van der Waals surface area (Å²) >= 11 is 0. The Labute approximate surface area is 118 Å². The van der Waals surface area contributed by atoms with Crippen molar-refractivity contribution in [3.8, 4) is 11.5 Å². The van der Waals surface area contributed by atoms with Crippen molar-refractivity contribution in [1.29, 1.82) is 0 Å². The van der Waals surface area contributed by atoms with E-state index in [2.05, 4.69) is 4.90 Å². The van der Waals surface area contributed by atoms with Gasteiger partial charge in [-0.2, -0.15) is 0 Å². The number of benzene rings is 1. The monoisotopic (exact) mass is 279 g/mol. The molecule has 5 nitrogen and oxygen atoms in total. The van der Waals surface area contributed by atoms with Crippen molar-refractivity contribution in [1.82, 2.24) is 4.90 Å². The number of carboxylic acids is 1. The summed E-state index contributed by atoms with van der Waals surface area (Å²) in [4.78, 5) is 13.5. The number of carbonyl (C=O) groups is 1. The van der Waals surface area contributed by atoms with Crippen molar-refractivity contribution in [3.05, 3.63) is 23.8 Å². The van der Waals surface area contributed by atoms with Crippen LogP contribution in [-0.4, -0.2) is 39.3 Å². The molecule has 0 aliphatic carbocycles. The summed E-state index contributed by atoms with van der Waals surface area (Å²) in [5.41, 5.74) is 0.162. The van der Waals surface area contributed by atoms with Crippen LogP contribution >= 0.6 is 0 Å². The van der Waals surface area contributed by atoms with Crippen LogP contribution in [0.25, 0.3) is 0 Å². The molecule has 0 amide bonds. The number of phenols is 2. The van der Waals surface area contributed by atoms with Crippen LogP contribution in [0.4, 0.5) is 0 Å². The van der Waals surface area contributed by atoms with Gasteiger partial charge in [-0.3, -0.25) is 9.69 Å². The quantitative estimate of drug-likeness (QED) is 0.787. The Hall–Kier alpha value is -1.75. The third kappa shape index (κ3) is 2.88. The van der Waals surface area contributed by atoms with E-state index in [1.54, 1.807) is 12.1 Å². The van der Waals surface area contributed by atoms with Crippen LogP contribution in [0, 0.1) is 5.41 Å². The predicted molar refractivity (Wildman–Crippen MR) is 74.6 cm³/mol. The molecule has 5 heteroatoms. The standard InChI is InChI=1S/C15H21NO4/c1-2-15(14(19)20)5-7-16(8-6-15)10-11-3-4-12(17)9-13(11)18/h3-4,9,17-18H,2,5-8,10H2,1H3,(H,19,20). The van der Waals surface area contributed by atoms with Gasteiger partial charge in [0.15, 0.2) is 0 Å². The van der Waals surface area contributed by atoms with Gasteiger partial charge in [0.2, 0.25) is 0 Å². The Morgan fingerprint density at radius 1 is 1.30 bits per heavy atom. The van der Waals surface area contributed by atoms with E-state index >= 15 is 0 Å². The number of rotatable bonds is 4. The number of nitrogens with zero attached hydrogens (tertiary/aromatic N) is 1. The highest BCUT2D eigenvalue weighted by molar-refractivity contribution is 5.74. The Kier molecular flexibility index (Phi) is 4.18. The lowest BCUT2D eigenvalue weighted by Crippen LogP contribution is -2.43. The molecule has 0 atom stereocenters. The molecule has 1 aromatic rings. The average molecular weight is 279 g/mol. The Balaban J connectivity index is 1.99. The van der Waals surface area contributed by atoms with Crippen LogP contribution in [0.1, 0.15) is 31.7 Å². The molecule has 0 radical (unpaired) electrons. The normalized spacial score (nSPS) is 18.9. The van der Waals surface area contributed by atoms with Gasteiger partial charge in [-0.05, 0) is 38.4 Å². The molecule has 0 unspecified atom stereocenters. The lowest BCUT2D eigenvalue weighted by Gasteiger charge is -2.38. The summed E-state index contributed by atoms with van der Waals surface area (Å²) in [5.74, 6) is -0.580. The topological polar surface area (TPSA) is 81.0 Å². The lowest BCUT2D eigenvalue weighted by atomic mass is 9.76. The SMILES string of the molecule is CCC1(C(=O)O)CCN(Cc2ccc(O)cc2O)CC1. The van der Waals surface area contributed by atoms with Crippen LogP contribution in [0.5, 0.6) is 11.5 Å². The Morgan fingerprint density at radius 2 is 1.95 bits per heavy atom. The molecule has 0 aromatic heterocycles. The van der Waals surface area contributed by atoms with E-state index in [1.165, 1.54) is 6.07 Å². The molecule has 0 saturated carbocycles. The van der Waals surface area contributed by atoms with E-state index in [1.807, 2.05) is 6.92 Å². The zero-order valence-electron chi connectivity index (χ0n) is 11.7. The van der Waals surface area contributed by atoms with Crippen LogP contribution in [0.15, 0.2) is 18.2 Å². The molecule has 3 N–H and O–H groups in total. The first-order valence-corrected chi connectivity index (χ1v) is 6.93. The maximum atomic E-state index is 11.4. The van der Waals surface area contributed by atoms with Gasteiger partial charge in [0.1, 0.15) is 11.5 Å². The zero-order valence-corrected chi connectivity index (χ0v) is 11.7. The predicted octanol–water partition coefficient (Wildman–Crippen LogP) is 2.17. The van der Waals surface area contributed by atoms with Gasteiger partial charge in [0.05, 0.1) is 5.41 Å². The van der Waals surface area contributed by atoms with Crippen LogP contribution in [0.3, 0.4) is 0 Å². The molecular formula is C15H21NO4. The second-order valence-corrected chi connectivity index (χ2v) is 5.53. The smallest absolute Gasteiger partial charge is 0.309 e. The molecule has 1 aliphatic heterocycles. The summed E-state index contributed by atoms with van der Waals surface area (Å²) in [6.45, 7) is 3.92. The zero-order chi connectivity index (χ0) is 14.8. The van der Waals surface area contributed by atoms with Gasteiger partial charge in [-0.1, -0.05) is 13.0 Å². The molecule has 1 aromatic carbocycles. The van der Waals surface area contributed by atoms with E-state index < -0.39 is 11.4 Å². The van der Waals surface area contributed by atoms with E-state index in [0.717, 1.165) is 5.56 Å². The highest BCUT2D eigenvalue weighted by atomic mass is 16.4. The van der Waals surface area contributed by atoms with Crippen LogP contribution in [0.2, 0.25) is 0 Å². The van der Waals surface area contributed by atoms with Gasteiger partial charge in [0.25, 0.3) is 0 Å². The molecule has 1 fully saturated rings. The highest BCUT2D eigenvalue weighted by Crippen LogP contribution is 2.36. The first kappa shape index (κ1) is 14.7. The van der Waals surface area contributed by atoms with Gasteiger partial charge >= 0.3 is 5.97 Å². The summed E-state index contributed by atoms with van der Waals surface area (Å²) in [7, 11) is 0. The third-order valence-electron chi connectivity index (χ3n) is 4.41. The third-order valence-corrected chi connectivity index (χ3v) is 4.41. The summed E-state index contributed by atoms with van der Waals surface area (Å²) < 4.78 is 0. The maximum absolute atomic E-state index is 11.4. The van der Waals surface area contributed by atoms with Gasteiger partial charge < -0.3 is 15.3 Å². The fourth-order valence-electron chi connectivity index (χ4n) is 2.78. The second kappa shape index (κ2) is 5.71. The van der Waals surface area contributed by atoms with E-state index in [4.69, 9.17) is 0 Å². The number of hydrogen-bond acceptors (Lipinski definition) is 4. The Bertz CT molecular complexity index is 493. The highest BCUT2D eigenvalue weighted by Gasteiger charge is 2.39.